The van der Waals surface area contributed by atoms with E-state index < -0.39 is 11.7 Å². The number of pyridine rings is 1. The Kier molecular flexibility index (Phi) is 2.97. The molecule has 1 aliphatic rings. The van der Waals surface area contributed by atoms with Crippen LogP contribution in [0, 0.1) is 0 Å². The third-order valence-electron chi connectivity index (χ3n) is 3.52. The van der Waals surface area contributed by atoms with E-state index >= 15 is 0 Å². The van der Waals surface area contributed by atoms with Gasteiger partial charge in [0.1, 0.15) is 5.65 Å². The monoisotopic (exact) mass is 269 g/mol. The van der Waals surface area contributed by atoms with Gasteiger partial charge >= 0.3 is 6.18 Å². The number of fused-ring (bicyclic) bond motifs is 1. The molecule has 1 saturated heterocycles. The summed E-state index contributed by atoms with van der Waals surface area (Å²) in [7, 11) is 0. The van der Waals surface area contributed by atoms with E-state index in [1.54, 1.807) is 4.40 Å². The Hall–Kier alpha value is -1.56. The van der Waals surface area contributed by atoms with Gasteiger partial charge in [0.15, 0.2) is 0 Å². The molecule has 1 unspecified atom stereocenters. The van der Waals surface area contributed by atoms with Crippen molar-refractivity contribution in [1.82, 2.24) is 14.7 Å². The highest BCUT2D eigenvalue weighted by molar-refractivity contribution is 5.44. The number of imidazole rings is 1. The van der Waals surface area contributed by atoms with Crippen molar-refractivity contribution in [2.24, 2.45) is 0 Å². The second-order valence-electron chi connectivity index (χ2n) is 4.89. The van der Waals surface area contributed by atoms with E-state index in [0.29, 0.717) is 11.6 Å². The van der Waals surface area contributed by atoms with Crippen molar-refractivity contribution >= 4 is 5.65 Å². The van der Waals surface area contributed by atoms with E-state index in [0.717, 1.165) is 43.8 Å². The molecule has 0 amide bonds. The first-order valence-electron chi connectivity index (χ1n) is 6.30. The molecule has 0 saturated carbocycles. The third-order valence-corrected chi connectivity index (χ3v) is 3.52. The lowest BCUT2D eigenvalue weighted by Crippen LogP contribution is -2.28. The number of aromatic nitrogens is 2. The molecule has 3 nitrogen and oxygen atoms in total. The van der Waals surface area contributed by atoms with Gasteiger partial charge in [-0.2, -0.15) is 13.2 Å². The number of alkyl halides is 3. The van der Waals surface area contributed by atoms with E-state index in [-0.39, 0.29) is 0 Å². The molecule has 0 radical (unpaired) electrons. The normalized spacial score (nSPS) is 20.9. The van der Waals surface area contributed by atoms with Crippen LogP contribution in [0.4, 0.5) is 13.2 Å². The van der Waals surface area contributed by atoms with Gasteiger partial charge in [-0.3, -0.25) is 0 Å². The number of piperidine rings is 1. The molecule has 2 aromatic rings. The minimum atomic E-state index is -4.32. The fraction of sp³-hybridized carbons (Fsp3) is 0.462. The summed E-state index contributed by atoms with van der Waals surface area (Å²) >= 11 is 0. The lowest BCUT2D eigenvalue weighted by molar-refractivity contribution is -0.137. The van der Waals surface area contributed by atoms with Crippen molar-refractivity contribution in [3.05, 3.63) is 35.8 Å². The molecule has 0 spiro atoms. The summed E-state index contributed by atoms with van der Waals surface area (Å²) in [6, 6.07) is 2.18. The molecule has 19 heavy (non-hydrogen) atoms. The zero-order valence-corrected chi connectivity index (χ0v) is 10.2. The van der Waals surface area contributed by atoms with Gasteiger partial charge in [0.05, 0.1) is 11.3 Å². The molecular weight excluding hydrogens is 255 g/mol. The molecule has 2 aromatic heterocycles. The lowest BCUT2D eigenvalue weighted by atomic mass is 9.97. The van der Waals surface area contributed by atoms with Crippen molar-refractivity contribution in [2.45, 2.75) is 24.9 Å². The van der Waals surface area contributed by atoms with Crippen LogP contribution in [-0.2, 0) is 6.18 Å². The standard InChI is InChI=1S/C13H14F3N3/c14-13(15,16)10-3-5-19-8-11(18-12(19)6-10)9-2-1-4-17-7-9/h3,5-6,8-9,17H,1-2,4,7H2. The number of rotatable bonds is 1. The van der Waals surface area contributed by atoms with E-state index in [1.165, 1.54) is 6.20 Å². The molecule has 1 aliphatic heterocycles. The van der Waals surface area contributed by atoms with Gasteiger partial charge in [-0.15, -0.1) is 0 Å². The molecule has 102 valence electrons. The molecule has 0 aliphatic carbocycles. The molecule has 0 bridgehead atoms. The molecule has 1 atom stereocenters. The second-order valence-corrected chi connectivity index (χ2v) is 4.89. The predicted octanol–water partition coefficient (Wildman–Crippen LogP) is 2.82. The maximum Gasteiger partial charge on any atom is 0.416 e. The van der Waals surface area contributed by atoms with Crippen molar-refractivity contribution in [3.63, 3.8) is 0 Å². The van der Waals surface area contributed by atoms with E-state index in [4.69, 9.17) is 0 Å². The van der Waals surface area contributed by atoms with Gasteiger partial charge in [-0.25, -0.2) is 4.98 Å². The SMILES string of the molecule is FC(F)(F)c1ccn2cc(C3CCCNC3)nc2c1. The van der Waals surface area contributed by atoms with E-state index in [9.17, 15) is 13.2 Å². The van der Waals surface area contributed by atoms with Crippen LogP contribution in [-0.4, -0.2) is 22.5 Å². The zero-order chi connectivity index (χ0) is 13.5. The van der Waals surface area contributed by atoms with Crippen LogP contribution in [0.25, 0.3) is 5.65 Å². The van der Waals surface area contributed by atoms with Crippen molar-refractivity contribution < 1.29 is 13.2 Å². The summed E-state index contributed by atoms with van der Waals surface area (Å²) in [6.07, 6.45) is 1.04. The Morgan fingerprint density at radius 1 is 1.37 bits per heavy atom. The van der Waals surface area contributed by atoms with Gasteiger partial charge in [-0.05, 0) is 31.5 Å². The maximum atomic E-state index is 12.6. The van der Waals surface area contributed by atoms with Gasteiger partial charge in [0.25, 0.3) is 0 Å². The highest BCUT2D eigenvalue weighted by Gasteiger charge is 2.31. The first-order chi connectivity index (χ1) is 9.04. The fourth-order valence-electron chi connectivity index (χ4n) is 2.48. The second kappa shape index (κ2) is 4.52. The number of hydrogen-bond acceptors (Lipinski definition) is 2. The third kappa shape index (κ3) is 2.45. The average molecular weight is 269 g/mol. The first-order valence-corrected chi connectivity index (χ1v) is 6.30. The Balaban J connectivity index is 1.96. The quantitative estimate of drug-likeness (QED) is 0.862. The van der Waals surface area contributed by atoms with Crippen LogP contribution in [0.2, 0.25) is 0 Å². The maximum absolute atomic E-state index is 12.6. The molecule has 3 heterocycles. The molecule has 1 fully saturated rings. The highest BCUT2D eigenvalue weighted by atomic mass is 19.4. The Labute approximate surface area is 108 Å². The fourth-order valence-corrected chi connectivity index (χ4v) is 2.48. The molecular formula is C13H14F3N3. The smallest absolute Gasteiger partial charge is 0.316 e. The van der Waals surface area contributed by atoms with Crippen LogP contribution in [0.3, 0.4) is 0 Å². The topological polar surface area (TPSA) is 29.3 Å². The summed E-state index contributed by atoms with van der Waals surface area (Å²) in [5, 5.41) is 3.28. The first kappa shape index (κ1) is 12.5. The summed E-state index contributed by atoms with van der Waals surface area (Å²) < 4.78 is 39.5. The molecule has 0 aromatic carbocycles. The Bertz CT molecular complexity index is 582. The molecule has 6 heteroatoms. The van der Waals surface area contributed by atoms with E-state index in [1.807, 2.05) is 6.20 Å². The summed E-state index contributed by atoms with van der Waals surface area (Å²) in [5.41, 5.74) is 0.570. The number of nitrogens with zero attached hydrogens (tertiary/aromatic N) is 2. The Morgan fingerprint density at radius 3 is 2.89 bits per heavy atom. The van der Waals surface area contributed by atoms with Gasteiger partial charge < -0.3 is 9.72 Å². The lowest BCUT2D eigenvalue weighted by Gasteiger charge is -2.20. The predicted molar refractivity (Wildman–Crippen MR) is 65.0 cm³/mol. The van der Waals surface area contributed by atoms with Crippen molar-refractivity contribution in [1.29, 1.82) is 0 Å². The van der Waals surface area contributed by atoms with Gasteiger partial charge in [-0.1, -0.05) is 0 Å². The summed E-state index contributed by atoms with van der Waals surface area (Å²) in [6.45, 7) is 1.85. The highest BCUT2D eigenvalue weighted by Crippen LogP contribution is 2.30. The number of hydrogen-bond donors (Lipinski definition) is 1. The average Bonchev–Trinajstić information content (AvgIpc) is 2.81. The van der Waals surface area contributed by atoms with Crippen LogP contribution in [0.1, 0.15) is 30.0 Å². The Morgan fingerprint density at radius 2 is 2.21 bits per heavy atom. The van der Waals surface area contributed by atoms with Crippen LogP contribution in [0.15, 0.2) is 24.5 Å². The minimum Gasteiger partial charge on any atom is -0.316 e. The number of halogens is 3. The molecule has 1 N–H and O–H groups in total. The van der Waals surface area contributed by atoms with Crippen molar-refractivity contribution in [3.8, 4) is 0 Å². The van der Waals surface area contributed by atoms with Gasteiger partial charge in [0.2, 0.25) is 0 Å². The van der Waals surface area contributed by atoms with Crippen LogP contribution in [0.5, 0.6) is 0 Å². The summed E-state index contributed by atoms with van der Waals surface area (Å²) in [4.78, 5) is 4.33. The van der Waals surface area contributed by atoms with E-state index in [2.05, 4.69) is 10.3 Å². The van der Waals surface area contributed by atoms with Crippen LogP contribution >= 0.6 is 0 Å². The minimum absolute atomic E-state index is 0.294. The molecule has 3 rings (SSSR count). The number of nitrogens with one attached hydrogen (secondary N) is 1. The van der Waals surface area contributed by atoms with Crippen molar-refractivity contribution in [2.75, 3.05) is 13.1 Å². The zero-order valence-electron chi connectivity index (χ0n) is 10.2. The van der Waals surface area contributed by atoms with Crippen LogP contribution < -0.4 is 5.32 Å². The van der Waals surface area contributed by atoms with Gasteiger partial charge in [0, 0.05) is 24.9 Å². The summed E-state index contributed by atoms with van der Waals surface area (Å²) in [5.74, 6) is 0.294. The largest absolute Gasteiger partial charge is 0.416 e.